The Kier molecular flexibility index (Phi) is 5.96. The Bertz CT molecular complexity index is 849. The fourth-order valence-corrected chi connectivity index (χ4v) is 3.93. The van der Waals surface area contributed by atoms with Gasteiger partial charge in [0.25, 0.3) is 5.91 Å². The molecular formula is C20H19NO3S2. The maximum Gasteiger partial charge on any atom is 0.266 e. The third kappa shape index (κ3) is 4.26. The number of phenols is 1. The number of hydrogen-bond donors (Lipinski definition) is 1. The molecule has 1 saturated heterocycles. The van der Waals surface area contributed by atoms with Gasteiger partial charge in [-0.05, 0) is 42.7 Å². The van der Waals surface area contributed by atoms with Crippen LogP contribution in [0.5, 0.6) is 11.5 Å². The molecule has 26 heavy (non-hydrogen) atoms. The number of thioether (sulfide) groups is 1. The van der Waals surface area contributed by atoms with E-state index in [0.29, 0.717) is 28.1 Å². The van der Waals surface area contributed by atoms with Crippen LogP contribution in [0.3, 0.4) is 0 Å². The van der Waals surface area contributed by atoms with Crippen LogP contribution in [0.1, 0.15) is 18.1 Å². The number of ether oxygens (including phenoxy) is 1. The largest absolute Gasteiger partial charge is 0.504 e. The minimum atomic E-state index is -0.0815. The lowest BCUT2D eigenvalue weighted by atomic mass is 10.1. The molecule has 2 aromatic carbocycles. The van der Waals surface area contributed by atoms with Gasteiger partial charge in [0.05, 0.1) is 11.5 Å². The zero-order chi connectivity index (χ0) is 18.5. The summed E-state index contributed by atoms with van der Waals surface area (Å²) in [5.74, 6) is 0.405. The molecule has 0 saturated carbocycles. The van der Waals surface area contributed by atoms with E-state index < -0.39 is 0 Å². The first-order valence-corrected chi connectivity index (χ1v) is 9.56. The quantitative estimate of drug-likeness (QED) is 0.596. The van der Waals surface area contributed by atoms with Crippen molar-refractivity contribution in [2.75, 3.05) is 13.2 Å². The Hall–Kier alpha value is -2.31. The maximum atomic E-state index is 12.7. The van der Waals surface area contributed by atoms with Crippen LogP contribution in [0.4, 0.5) is 0 Å². The van der Waals surface area contributed by atoms with Crippen molar-refractivity contribution in [2.24, 2.45) is 0 Å². The van der Waals surface area contributed by atoms with Crippen molar-refractivity contribution >= 4 is 40.3 Å². The predicted molar refractivity (Wildman–Crippen MR) is 109 cm³/mol. The highest BCUT2D eigenvalue weighted by Crippen LogP contribution is 2.34. The highest BCUT2D eigenvalue weighted by molar-refractivity contribution is 8.26. The van der Waals surface area contributed by atoms with Crippen molar-refractivity contribution in [2.45, 2.75) is 13.3 Å². The van der Waals surface area contributed by atoms with Crippen molar-refractivity contribution in [3.05, 3.63) is 64.6 Å². The number of thiocarbonyl (C=S) groups is 1. The van der Waals surface area contributed by atoms with Gasteiger partial charge in [-0.3, -0.25) is 9.69 Å². The van der Waals surface area contributed by atoms with E-state index in [1.165, 1.54) is 17.3 Å². The Balaban J connectivity index is 1.73. The Morgan fingerprint density at radius 1 is 1.23 bits per heavy atom. The molecule has 0 aromatic heterocycles. The summed E-state index contributed by atoms with van der Waals surface area (Å²) >= 11 is 6.68. The summed E-state index contributed by atoms with van der Waals surface area (Å²) in [5.41, 5.74) is 1.96. The van der Waals surface area contributed by atoms with Crippen molar-refractivity contribution in [1.29, 1.82) is 0 Å². The van der Waals surface area contributed by atoms with Crippen LogP contribution >= 0.6 is 24.0 Å². The average molecular weight is 386 g/mol. The molecule has 0 aliphatic carbocycles. The van der Waals surface area contributed by atoms with Gasteiger partial charge in [-0.2, -0.15) is 0 Å². The third-order valence-electron chi connectivity index (χ3n) is 3.92. The van der Waals surface area contributed by atoms with E-state index in [1.54, 1.807) is 29.2 Å². The molecule has 2 aromatic rings. The molecule has 0 radical (unpaired) electrons. The number of amides is 1. The van der Waals surface area contributed by atoms with Crippen LogP contribution < -0.4 is 4.74 Å². The van der Waals surface area contributed by atoms with Crippen LogP contribution in [0, 0.1) is 0 Å². The number of phenolic OH excluding ortho intramolecular Hbond substituents is 1. The number of carbonyl (C=O) groups excluding carboxylic acids is 1. The van der Waals surface area contributed by atoms with Crippen LogP contribution in [-0.4, -0.2) is 33.4 Å². The highest BCUT2D eigenvalue weighted by Gasteiger charge is 2.31. The first kappa shape index (κ1) is 18.5. The van der Waals surface area contributed by atoms with Gasteiger partial charge in [0.1, 0.15) is 4.32 Å². The number of benzene rings is 2. The molecule has 3 rings (SSSR count). The molecule has 1 N–H and O–H groups in total. The van der Waals surface area contributed by atoms with Gasteiger partial charge in [-0.25, -0.2) is 0 Å². The zero-order valence-electron chi connectivity index (χ0n) is 14.3. The van der Waals surface area contributed by atoms with Crippen LogP contribution in [0.25, 0.3) is 6.08 Å². The number of nitrogens with zero attached hydrogens (tertiary/aromatic N) is 1. The lowest BCUT2D eigenvalue weighted by Crippen LogP contribution is -2.30. The van der Waals surface area contributed by atoms with Gasteiger partial charge in [0.15, 0.2) is 11.5 Å². The molecule has 4 nitrogen and oxygen atoms in total. The van der Waals surface area contributed by atoms with E-state index in [4.69, 9.17) is 17.0 Å². The van der Waals surface area contributed by atoms with Gasteiger partial charge in [0, 0.05) is 6.54 Å². The summed E-state index contributed by atoms with van der Waals surface area (Å²) in [6.45, 7) is 2.87. The normalized spacial score (nSPS) is 15.7. The van der Waals surface area contributed by atoms with E-state index in [0.717, 1.165) is 12.0 Å². The second-order valence-corrected chi connectivity index (χ2v) is 7.40. The highest BCUT2D eigenvalue weighted by atomic mass is 32.2. The zero-order valence-corrected chi connectivity index (χ0v) is 16.0. The van der Waals surface area contributed by atoms with Crippen molar-refractivity contribution in [1.82, 2.24) is 4.90 Å². The monoisotopic (exact) mass is 385 g/mol. The molecule has 1 amide bonds. The smallest absolute Gasteiger partial charge is 0.266 e. The summed E-state index contributed by atoms with van der Waals surface area (Å²) in [7, 11) is 0. The second kappa shape index (κ2) is 8.38. The molecule has 0 atom stereocenters. The summed E-state index contributed by atoms with van der Waals surface area (Å²) < 4.78 is 5.96. The fourth-order valence-electron chi connectivity index (χ4n) is 2.62. The molecule has 1 fully saturated rings. The van der Waals surface area contributed by atoms with Gasteiger partial charge in [-0.15, -0.1) is 0 Å². The number of carbonyl (C=O) groups is 1. The van der Waals surface area contributed by atoms with Crippen molar-refractivity contribution < 1.29 is 14.6 Å². The lowest BCUT2D eigenvalue weighted by molar-refractivity contribution is -0.122. The van der Waals surface area contributed by atoms with Crippen LogP contribution in [0.2, 0.25) is 0 Å². The van der Waals surface area contributed by atoms with E-state index in [1.807, 2.05) is 37.3 Å². The van der Waals surface area contributed by atoms with Gasteiger partial charge < -0.3 is 9.84 Å². The van der Waals surface area contributed by atoms with E-state index in [9.17, 15) is 9.90 Å². The first-order valence-electron chi connectivity index (χ1n) is 8.33. The van der Waals surface area contributed by atoms with Gasteiger partial charge in [0.2, 0.25) is 0 Å². The minimum Gasteiger partial charge on any atom is -0.504 e. The second-order valence-electron chi connectivity index (χ2n) is 5.73. The summed E-state index contributed by atoms with van der Waals surface area (Å²) in [4.78, 5) is 14.9. The standard InChI is InChI=1S/C20H19NO3S2/c1-2-24-17-12-15(8-9-16(17)22)13-18-19(23)21(20(25)26-18)11-10-14-6-4-3-5-7-14/h3-9,12-13,22H,2,10-11H2,1H3/b18-13-. The summed E-state index contributed by atoms with van der Waals surface area (Å²) in [5, 5.41) is 9.79. The van der Waals surface area contributed by atoms with E-state index >= 15 is 0 Å². The molecule has 1 heterocycles. The van der Waals surface area contributed by atoms with Crippen molar-refractivity contribution in [3.8, 4) is 11.5 Å². The van der Waals surface area contributed by atoms with Crippen LogP contribution in [-0.2, 0) is 11.2 Å². The van der Waals surface area contributed by atoms with Crippen molar-refractivity contribution in [3.63, 3.8) is 0 Å². The molecule has 6 heteroatoms. The molecular weight excluding hydrogens is 366 g/mol. The molecule has 134 valence electrons. The molecule has 0 bridgehead atoms. The lowest BCUT2D eigenvalue weighted by Gasteiger charge is -2.14. The molecule has 1 aliphatic rings. The predicted octanol–water partition coefficient (Wildman–Crippen LogP) is 4.23. The third-order valence-corrected chi connectivity index (χ3v) is 5.30. The molecule has 0 unspecified atom stereocenters. The first-order chi connectivity index (χ1) is 12.6. The molecule has 0 spiro atoms. The minimum absolute atomic E-state index is 0.0815. The Morgan fingerprint density at radius 2 is 2.00 bits per heavy atom. The van der Waals surface area contributed by atoms with Gasteiger partial charge in [-0.1, -0.05) is 60.4 Å². The van der Waals surface area contributed by atoms with E-state index in [-0.39, 0.29) is 11.7 Å². The molecule has 1 aliphatic heterocycles. The SMILES string of the molecule is CCOc1cc(/C=C2\SC(=S)N(CCc3ccccc3)C2=O)ccc1O. The van der Waals surface area contributed by atoms with Crippen LogP contribution in [0.15, 0.2) is 53.4 Å². The number of hydrogen-bond acceptors (Lipinski definition) is 5. The fraction of sp³-hybridized carbons (Fsp3) is 0.200. The summed E-state index contributed by atoms with van der Waals surface area (Å²) in [6.07, 6.45) is 2.54. The summed E-state index contributed by atoms with van der Waals surface area (Å²) in [6, 6.07) is 15.1. The number of rotatable bonds is 6. The Morgan fingerprint density at radius 3 is 2.73 bits per heavy atom. The number of aromatic hydroxyl groups is 1. The van der Waals surface area contributed by atoms with Gasteiger partial charge >= 0.3 is 0 Å². The maximum absolute atomic E-state index is 12.7. The average Bonchev–Trinajstić information content (AvgIpc) is 2.90. The Labute approximate surface area is 162 Å². The van der Waals surface area contributed by atoms with E-state index in [2.05, 4.69) is 0 Å². The topological polar surface area (TPSA) is 49.8 Å².